The highest BCUT2D eigenvalue weighted by Gasteiger charge is 2.26. The molecule has 0 radical (unpaired) electrons. The van der Waals surface area contributed by atoms with Gasteiger partial charge in [-0.05, 0) is 23.6 Å². The molecule has 0 N–H and O–H groups in total. The second-order valence-electron chi connectivity index (χ2n) is 5.23. The third-order valence-electron chi connectivity index (χ3n) is 2.97. The van der Waals surface area contributed by atoms with Crippen LogP contribution in [0.4, 0.5) is 5.69 Å². The molecular weight excluding hydrogens is 358 g/mol. The summed E-state index contributed by atoms with van der Waals surface area (Å²) < 4.78 is 2.46. The summed E-state index contributed by atoms with van der Waals surface area (Å²) in [7, 11) is 0. The normalized spacial score (nSPS) is 11.1. The van der Waals surface area contributed by atoms with Crippen molar-refractivity contribution in [2.45, 2.75) is 26.8 Å². The lowest BCUT2D eigenvalue weighted by molar-refractivity contribution is -0.385. The number of hydrogen-bond acceptors (Lipinski definition) is 3. The number of rotatable bonds is 5. The van der Waals surface area contributed by atoms with Gasteiger partial charge in [-0.15, -0.1) is 0 Å². The van der Waals surface area contributed by atoms with E-state index in [1.54, 1.807) is 0 Å². The minimum Gasteiger partial charge on any atom is -0.258 e. The van der Waals surface area contributed by atoms with Gasteiger partial charge in [-0.25, -0.2) is 4.68 Å². The monoisotopic (exact) mass is 371 g/mol. The van der Waals surface area contributed by atoms with Crippen LogP contribution in [0, 0.1) is 16.0 Å². The fourth-order valence-electron chi connectivity index (χ4n) is 2.05. The molecule has 0 bridgehead atoms. The Balaban J connectivity index is 2.35. The van der Waals surface area contributed by atoms with Gasteiger partial charge in [0.2, 0.25) is 5.15 Å². The smallest absolute Gasteiger partial charge is 0.258 e. The standard InChI is InChI=1S/C14H15BrClN3O2/c1-9(2)7-12-13(19(20)21)14(16)18(17-12)8-10-3-5-11(15)6-4-10/h3-6,9H,7-8H2,1-2H3. The molecule has 2 rings (SSSR count). The van der Waals surface area contributed by atoms with Crippen LogP contribution >= 0.6 is 27.5 Å². The maximum absolute atomic E-state index is 11.2. The molecule has 0 amide bonds. The third kappa shape index (κ3) is 3.83. The van der Waals surface area contributed by atoms with Crippen LogP contribution in [0.5, 0.6) is 0 Å². The van der Waals surface area contributed by atoms with Crippen LogP contribution in [0.15, 0.2) is 28.7 Å². The van der Waals surface area contributed by atoms with Crippen LogP contribution in [-0.2, 0) is 13.0 Å². The van der Waals surface area contributed by atoms with E-state index in [0.717, 1.165) is 10.0 Å². The molecule has 7 heteroatoms. The van der Waals surface area contributed by atoms with Gasteiger partial charge in [0.15, 0.2) is 0 Å². The lowest BCUT2D eigenvalue weighted by atomic mass is 10.1. The molecule has 0 fully saturated rings. The van der Waals surface area contributed by atoms with Gasteiger partial charge in [0.05, 0.1) is 11.5 Å². The van der Waals surface area contributed by atoms with Crippen molar-refractivity contribution < 1.29 is 4.92 Å². The van der Waals surface area contributed by atoms with E-state index < -0.39 is 4.92 Å². The zero-order chi connectivity index (χ0) is 15.6. The second-order valence-corrected chi connectivity index (χ2v) is 6.50. The first kappa shape index (κ1) is 16.0. The zero-order valence-corrected chi connectivity index (χ0v) is 14.1. The van der Waals surface area contributed by atoms with Gasteiger partial charge in [0, 0.05) is 10.9 Å². The summed E-state index contributed by atoms with van der Waals surface area (Å²) in [6.07, 6.45) is 0.531. The number of aromatic nitrogens is 2. The zero-order valence-electron chi connectivity index (χ0n) is 11.7. The molecule has 0 atom stereocenters. The second kappa shape index (κ2) is 6.58. The fraction of sp³-hybridized carbons (Fsp3) is 0.357. The molecule has 5 nitrogen and oxygen atoms in total. The number of hydrogen-bond donors (Lipinski definition) is 0. The summed E-state index contributed by atoms with van der Waals surface area (Å²) in [5.74, 6) is 0.274. The van der Waals surface area contributed by atoms with Crippen molar-refractivity contribution in [3.63, 3.8) is 0 Å². The largest absolute Gasteiger partial charge is 0.329 e. The minimum absolute atomic E-state index is 0.0810. The molecule has 0 aliphatic heterocycles. The summed E-state index contributed by atoms with van der Waals surface area (Å²) in [6.45, 7) is 4.39. The van der Waals surface area contributed by atoms with Gasteiger partial charge in [0.25, 0.3) is 0 Å². The van der Waals surface area contributed by atoms with E-state index in [1.165, 1.54) is 4.68 Å². The Labute approximate surface area is 136 Å². The van der Waals surface area contributed by atoms with Crippen molar-refractivity contribution in [1.82, 2.24) is 9.78 Å². The van der Waals surface area contributed by atoms with Crippen LogP contribution < -0.4 is 0 Å². The van der Waals surface area contributed by atoms with Crippen LogP contribution in [0.1, 0.15) is 25.1 Å². The first-order chi connectivity index (χ1) is 9.88. The molecule has 1 aromatic carbocycles. The summed E-state index contributed by atoms with van der Waals surface area (Å²) in [4.78, 5) is 10.7. The highest BCUT2D eigenvalue weighted by atomic mass is 79.9. The number of halogens is 2. The Morgan fingerprint density at radius 3 is 2.52 bits per heavy atom. The summed E-state index contributed by atoms with van der Waals surface area (Å²) >= 11 is 9.51. The first-order valence-electron chi connectivity index (χ1n) is 6.52. The third-order valence-corrected chi connectivity index (χ3v) is 3.87. The predicted molar refractivity (Wildman–Crippen MR) is 85.7 cm³/mol. The van der Waals surface area contributed by atoms with Crippen molar-refractivity contribution >= 4 is 33.2 Å². The van der Waals surface area contributed by atoms with Gasteiger partial charge in [-0.1, -0.05) is 53.5 Å². The van der Waals surface area contributed by atoms with Crippen molar-refractivity contribution in [3.05, 3.63) is 55.3 Å². The molecule has 2 aromatic rings. The van der Waals surface area contributed by atoms with Crippen molar-refractivity contribution in [2.75, 3.05) is 0 Å². The highest BCUT2D eigenvalue weighted by Crippen LogP contribution is 2.30. The Bertz CT molecular complexity index is 653. The van der Waals surface area contributed by atoms with E-state index in [-0.39, 0.29) is 16.8 Å². The molecule has 112 valence electrons. The number of benzene rings is 1. The van der Waals surface area contributed by atoms with E-state index in [4.69, 9.17) is 11.6 Å². The van der Waals surface area contributed by atoms with E-state index in [0.29, 0.717) is 18.7 Å². The van der Waals surface area contributed by atoms with Crippen LogP contribution in [0.3, 0.4) is 0 Å². The number of nitro groups is 1. The van der Waals surface area contributed by atoms with E-state index in [9.17, 15) is 10.1 Å². The van der Waals surface area contributed by atoms with Crippen LogP contribution in [0.25, 0.3) is 0 Å². The Kier molecular flexibility index (Phi) is 5.00. The number of nitrogens with zero attached hydrogens (tertiary/aromatic N) is 3. The molecule has 0 saturated heterocycles. The van der Waals surface area contributed by atoms with E-state index in [1.807, 2.05) is 38.1 Å². The summed E-state index contributed by atoms with van der Waals surface area (Å²) in [6, 6.07) is 7.68. The molecule has 21 heavy (non-hydrogen) atoms. The molecule has 0 aliphatic rings. The Morgan fingerprint density at radius 1 is 1.38 bits per heavy atom. The molecule has 0 spiro atoms. The van der Waals surface area contributed by atoms with E-state index in [2.05, 4.69) is 21.0 Å². The van der Waals surface area contributed by atoms with Crippen LogP contribution in [-0.4, -0.2) is 14.7 Å². The average molecular weight is 373 g/mol. The van der Waals surface area contributed by atoms with E-state index >= 15 is 0 Å². The van der Waals surface area contributed by atoms with Crippen LogP contribution in [0.2, 0.25) is 5.15 Å². The average Bonchev–Trinajstić information content (AvgIpc) is 2.68. The van der Waals surface area contributed by atoms with Crippen molar-refractivity contribution in [1.29, 1.82) is 0 Å². The SMILES string of the molecule is CC(C)Cc1nn(Cc2ccc(Br)cc2)c(Cl)c1[N+](=O)[O-]. The lowest BCUT2D eigenvalue weighted by Crippen LogP contribution is -2.03. The fourth-order valence-corrected chi connectivity index (χ4v) is 2.59. The molecule has 1 heterocycles. The lowest BCUT2D eigenvalue weighted by Gasteiger charge is -2.03. The van der Waals surface area contributed by atoms with Crippen molar-refractivity contribution in [2.24, 2.45) is 5.92 Å². The van der Waals surface area contributed by atoms with Gasteiger partial charge in [-0.3, -0.25) is 10.1 Å². The molecular formula is C14H15BrClN3O2. The van der Waals surface area contributed by atoms with Gasteiger partial charge < -0.3 is 0 Å². The maximum Gasteiger partial charge on any atom is 0.329 e. The quantitative estimate of drug-likeness (QED) is 0.575. The van der Waals surface area contributed by atoms with Gasteiger partial charge >= 0.3 is 5.69 Å². The summed E-state index contributed by atoms with van der Waals surface area (Å²) in [5, 5.41) is 15.6. The summed E-state index contributed by atoms with van der Waals surface area (Å²) in [5.41, 5.74) is 1.34. The topological polar surface area (TPSA) is 61.0 Å². The molecule has 1 aromatic heterocycles. The maximum atomic E-state index is 11.2. The molecule has 0 saturated carbocycles. The van der Waals surface area contributed by atoms with Crippen molar-refractivity contribution in [3.8, 4) is 0 Å². The molecule has 0 unspecified atom stereocenters. The minimum atomic E-state index is -0.453. The predicted octanol–water partition coefficient (Wildman–Crippen LogP) is 4.45. The highest BCUT2D eigenvalue weighted by molar-refractivity contribution is 9.10. The van der Waals surface area contributed by atoms with Gasteiger partial charge in [-0.2, -0.15) is 5.10 Å². The Morgan fingerprint density at radius 2 is 2.00 bits per heavy atom. The first-order valence-corrected chi connectivity index (χ1v) is 7.69. The van der Waals surface area contributed by atoms with Gasteiger partial charge in [0.1, 0.15) is 5.69 Å². The molecule has 0 aliphatic carbocycles. The Hall–Kier alpha value is -1.40.